The summed E-state index contributed by atoms with van der Waals surface area (Å²) in [4.78, 5) is 17.0. The standard InChI is InChI=1S/C17H12ClFN2OS2/c1-23-17-20-14(10-6-3-2-4-7-10)16(24-17)21-15(22)13-11(18)8-5-9-12(13)19/h2-9H,1H3,(H,21,22). The number of rotatable bonds is 4. The van der Waals surface area contributed by atoms with E-state index in [1.165, 1.54) is 41.3 Å². The normalized spacial score (nSPS) is 10.6. The summed E-state index contributed by atoms with van der Waals surface area (Å²) in [6.45, 7) is 0. The SMILES string of the molecule is CSc1nc(-c2ccccc2)c(NC(=O)c2c(F)cccc2Cl)s1. The van der Waals surface area contributed by atoms with E-state index >= 15 is 0 Å². The molecule has 0 aliphatic carbocycles. The highest BCUT2D eigenvalue weighted by Crippen LogP contribution is 2.37. The van der Waals surface area contributed by atoms with E-state index in [9.17, 15) is 9.18 Å². The molecule has 24 heavy (non-hydrogen) atoms. The van der Waals surface area contributed by atoms with E-state index in [1.807, 2.05) is 36.6 Å². The van der Waals surface area contributed by atoms with Gasteiger partial charge in [0.2, 0.25) is 0 Å². The summed E-state index contributed by atoms with van der Waals surface area (Å²) < 4.78 is 14.7. The molecule has 0 unspecified atom stereocenters. The third-order valence-corrected chi connectivity index (χ3v) is 5.52. The first-order valence-electron chi connectivity index (χ1n) is 6.95. The average Bonchev–Trinajstić information content (AvgIpc) is 2.98. The molecule has 0 saturated heterocycles. The van der Waals surface area contributed by atoms with E-state index in [0.717, 1.165) is 9.90 Å². The zero-order valence-electron chi connectivity index (χ0n) is 12.5. The number of nitrogens with zero attached hydrogens (tertiary/aromatic N) is 1. The Morgan fingerprint density at radius 3 is 2.62 bits per heavy atom. The van der Waals surface area contributed by atoms with E-state index in [0.29, 0.717) is 10.7 Å². The first kappa shape index (κ1) is 17.0. The molecular weight excluding hydrogens is 367 g/mol. The van der Waals surface area contributed by atoms with Crippen LogP contribution < -0.4 is 5.32 Å². The molecule has 0 bridgehead atoms. The molecule has 0 saturated carbocycles. The lowest BCUT2D eigenvalue weighted by Gasteiger charge is -2.07. The third-order valence-electron chi connectivity index (χ3n) is 3.25. The lowest BCUT2D eigenvalue weighted by Crippen LogP contribution is -2.14. The van der Waals surface area contributed by atoms with E-state index in [4.69, 9.17) is 11.6 Å². The van der Waals surface area contributed by atoms with E-state index in [-0.39, 0.29) is 10.6 Å². The minimum Gasteiger partial charge on any atom is -0.312 e. The fraction of sp³-hybridized carbons (Fsp3) is 0.0588. The first-order valence-corrected chi connectivity index (χ1v) is 9.37. The van der Waals surface area contributed by atoms with Crippen molar-refractivity contribution < 1.29 is 9.18 Å². The van der Waals surface area contributed by atoms with E-state index in [1.54, 1.807) is 0 Å². The van der Waals surface area contributed by atoms with Crippen molar-refractivity contribution in [2.75, 3.05) is 11.6 Å². The number of anilines is 1. The Hall–Kier alpha value is -1.89. The molecule has 2 aromatic carbocycles. The molecule has 3 aromatic rings. The summed E-state index contributed by atoms with van der Waals surface area (Å²) in [5, 5.41) is 3.38. The molecule has 0 radical (unpaired) electrons. The molecule has 1 amide bonds. The van der Waals surface area contributed by atoms with Crippen molar-refractivity contribution in [2.24, 2.45) is 0 Å². The number of carbonyl (C=O) groups is 1. The highest BCUT2D eigenvalue weighted by Gasteiger charge is 2.20. The molecule has 1 heterocycles. The molecule has 3 rings (SSSR count). The number of nitrogens with one attached hydrogen (secondary N) is 1. The zero-order chi connectivity index (χ0) is 17.1. The smallest absolute Gasteiger partial charge is 0.260 e. The minimum absolute atomic E-state index is 0.0726. The monoisotopic (exact) mass is 378 g/mol. The van der Waals surface area contributed by atoms with Gasteiger partial charge in [-0.2, -0.15) is 0 Å². The van der Waals surface area contributed by atoms with Gasteiger partial charge in [0.1, 0.15) is 16.5 Å². The molecule has 0 atom stereocenters. The van der Waals surface area contributed by atoms with Crippen molar-refractivity contribution in [1.29, 1.82) is 0 Å². The highest BCUT2D eigenvalue weighted by molar-refractivity contribution is 8.00. The third kappa shape index (κ3) is 3.45. The Bertz CT molecular complexity index is 863. The van der Waals surface area contributed by atoms with Gasteiger partial charge in [0.05, 0.1) is 10.6 Å². The number of hydrogen-bond acceptors (Lipinski definition) is 4. The minimum atomic E-state index is -0.657. The molecule has 0 spiro atoms. The first-order chi connectivity index (χ1) is 11.6. The fourth-order valence-corrected chi connectivity index (χ4v) is 3.87. The van der Waals surface area contributed by atoms with Crippen LogP contribution in [-0.4, -0.2) is 17.1 Å². The van der Waals surface area contributed by atoms with Crippen LogP contribution in [0.5, 0.6) is 0 Å². The summed E-state index contributed by atoms with van der Waals surface area (Å²) in [7, 11) is 0. The van der Waals surface area contributed by atoms with Gasteiger partial charge < -0.3 is 5.32 Å². The second-order valence-electron chi connectivity index (χ2n) is 4.78. The van der Waals surface area contributed by atoms with Crippen molar-refractivity contribution >= 4 is 45.6 Å². The Balaban J connectivity index is 1.98. The van der Waals surface area contributed by atoms with E-state index in [2.05, 4.69) is 10.3 Å². The maximum absolute atomic E-state index is 13.9. The topological polar surface area (TPSA) is 42.0 Å². The number of carbonyl (C=O) groups excluding carboxylic acids is 1. The number of hydrogen-bond donors (Lipinski definition) is 1. The molecule has 1 aromatic heterocycles. The van der Waals surface area contributed by atoms with Gasteiger partial charge in [0.25, 0.3) is 5.91 Å². The van der Waals surface area contributed by atoms with Gasteiger partial charge >= 0.3 is 0 Å². The lowest BCUT2D eigenvalue weighted by molar-refractivity contribution is 0.102. The Kier molecular flexibility index (Phi) is 5.18. The quantitative estimate of drug-likeness (QED) is 0.603. The molecule has 0 fully saturated rings. The molecule has 7 heteroatoms. The van der Waals surface area contributed by atoms with Gasteiger partial charge in [-0.15, -0.1) is 0 Å². The van der Waals surface area contributed by atoms with Crippen LogP contribution in [0, 0.1) is 5.82 Å². The number of aromatic nitrogens is 1. The summed E-state index contributed by atoms with van der Waals surface area (Å²) in [5.74, 6) is -1.25. The van der Waals surface area contributed by atoms with Crippen LogP contribution in [0.25, 0.3) is 11.3 Å². The average molecular weight is 379 g/mol. The lowest BCUT2D eigenvalue weighted by atomic mass is 10.1. The van der Waals surface area contributed by atoms with Crippen LogP contribution in [0.2, 0.25) is 5.02 Å². The summed E-state index contributed by atoms with van der Waals surface area (Å²) >= 11 is 8.79. The number of thioether (sulfide) groups is 1. The molecule has 3 nitrogen and oxygen atoms in total. The predicted octanol–water partition coefficient (Wildman–Crippen LogP) is 5.58. The Labute approximate surface area is 151 Å². The van der Waals surface area contributed by atoms with Crippen molar-refractivity contribution in [1.82, 2.24) is 4.98 Å². The number of thiazole rings is 1. The highest BCUT2D eigenvalue weighted by atomic mass is 35.5. The van der Waals surface area contributed by atoms with Gasteiger partial charge in [-0.05, 0) is 18.4 Å². The van der Waals surface area contributed by atoms with Crippen LogP contribution in [-0.2, 0) is 0 Å². The van der Waals surface area contributed by atoms with Gasteiger partial charge in [0.15, 0.2) is 4.34 Å². The largest absolute Gasteiger partial charge is 0.312 e. The zero-order valence-corrected chi connectivity index (χ0v) is 14.9. The molecule has 1 N–H and O–H groups in total. The van der Waals surface area contributed by atoms with Crippen molar-refractivity contribution in [2.45, 2.75) is 4.34 Å². The van der Waals surface area contributed by atoms with Gasteiger partial charge in [-0.3, -0.25) is 4.79 Å². The van der Waals surface area contributed by atoms with Crippen molar-refractivity contribution in [3.05, 3.63) is 64.9 Å². The molecule has 0 aliphatic heterocycles. The maximum Gasteiger partial charge on any atom is 0.260 e. The van der Waals surface area contributed by atoms with Crippen molar-refractivity contribution in [3.8, 4) is 11.3 Å². The van der Waals surface area contributed by atoms with Crippen LogP contribution in [0.4, 0.5) is 9.39 Å². The van der Waals surface area contributed by atoms with Crippen LogP contribution in [0.1, 0.15) is 10.4 Å². The van der Waals surface area contributed by atoms with E-state index < -0.39 is 11.7 Å². The second-order valence-corrected chi connectivity index (χ2v) is 7.24. The molecule has 0 aliphatic rings. The van der Waals surface area contributed by atoms with Gasteiger partial charge in [-0.25, -0.2) is 9.37 Å². The van der Waals surface area contributed by atoms with Crippen LogP contribution in [0.3, 0.4) is 0 Å². The Morgan fingerprint density at radius 2 is 1.96 bits per heavy atom. The summed E-state index contributed by atoms with van der Waals surface area (Å²) in [6, 6.07) is 13.7. The van der Waals surface area contributed by atoms with Gasteiger partial charge in [0, 0.05) is 5.56 Å². The molecular formula is C17H12ClFN2OS2. The van der Waals surface area contributed by atoms with Crippen LogP contribution in [0.15, 0.2) is 52.9 Å². The number of halogens is 2. The van der Waals surface area contributed by atoms with Crippen LogP contribution >= 0.6 is 34.7 Å². The second kappa shape index (κ2) is 7.34. The number of amides is 1. The Morgan fingerprint density at radius 1 is 1.21 bits per heavy atom. The van der Waals surface area contributed by atoms with Crippen molar-refractivity contribution in [3.63, 3.8) is 0 Å². The molecule has 122 valence electrons. The summed E-state index contributed by atoms with van der Waals surface area (Å²) in [5.41, 5.74) is 1.37. The summed E-state index contributed by atoms with van der Waals surface area (Å²) in [6.07, 6.45) is 1.91. The maximum atomic E-state index is 13.9. The fourth-order valence-electron chi connectivity index (χ4n) is 2.14. The predicted molar refractivity (Wildman–Crippen MR) is 98.7 cm³/mol. The van der Waals surface area contributed by atoms with Gasteiger partial charge in [-0.1, -0.05) is 71.1 Å². The number of benzene rings is 2.